The number of anilines is 4. The predicted molar refractivity (Wildman–Crippen MR) is 120 cm³/mol. The van der Waals surface area contributed by atoms with Crippen LogP contribution in [0.15, 0.2) is 40.8 Å². The summed E-state index contributed by atoms with van der Waals surface area (Å²) in [5, 5.41) is 21.9. The minimum atomic E-state index is -0.746. The Balaban J connectivity index is 1.36. The van der Waals surface area contributed by atoms with Crippen LogP contribution in [0.4, 0.5) is 27.5 Å². The molecule has 0 spiro atoms. The predicted octanol–water partition coefficient (Wildman–Crippen LogP) is 3.23. The molecule has 172 valence electrons. The Hall–Kier alpha value is -3.86. The third kappa shape index (κ3) is 5.14. The second kappa shape index (κ2) is 9.33. The number of nitrogens with one attached hydrogen (secondary N) is 2. The minimum absolute atomic E-state index is 0.0727. The van der Waals surface area contributed by atoms with Crippen LogP contribution in [0, 0.1) is 5.82 Å². The number of hydrogen-bond donors (Lipinski definition) is 3. The summed E-state index contributed by atoms with van der Waals surface area (Å²) >= 11 is 5.64. The number of carbonyl (C=O) groups is 2. The number of aromatic nitrogens is 2. The maximum atomic E-state index is 13.9. The number of phenolic OH excluding ortho intramolecular Hbond substituents is 1. The van der Waals surface area contributed by atoms with Crippen molar-refractivity contribution in [2.24, 2.45) is 0 Å². The molecule has 10 nitrogen and oxygen atoms in total. The summed E-state index contributed by atoms with van der Waals surface area (Å²) in [4.78, 5) is 27.8. The first-order valence-corrected chi connectivity index (χ1v) is 10.4. The van der Waals surface area contributed by atoms with E-state index in [1.807, 2.05) is 17.0 Å². The van der Waals surface area contributed by atoms with Gasteiger partial charge in [0.2, 0.25) is 5.91 Å². The highest BCUT2D eigenvalue weighted by Gasteiger charge is 2.20. The zero-order chi connectivity index (χ0) is 23.5. The second-order valence-corrected chi connectivity index (χ2v) is 7.72. The van der Waals surface area contributed by atoms with E-state index >= 15 is 0 Å². The molecule has 0 saturated carbocycles. The van der Waals surface area contributed by atoms with Crippen LogP contribution < -0.4 is 15.5 Å². The molecule has 12 heteroatoms. The van der Waals surface area contributed by atoms with Gasteiger partial charge in [-0.05, 0) is 30.3 Å². The van der Waals surface area contributed by atoms with Crippen LogP contribution in [0.2, 0.25) is 5.02 Å². The van der Waals surface area contributed by atoms with Gasteiger partial charge in [0.15, 0.2) is 0 Å². The Morgan fingerprint density at radius 3 is 2.48 bits per heavy atom. The van der Waals surface area contributed by atoms with Gasteiger partial charge in [-0.25, -0.2) is 4.39 Å². The molecule has 0 atom stereocenters. The molecular formula is C21H20ClFN6O4. The molecule has 3 aromatic rings. The molecule has 1 aliphatic heterocycles. The number of carbonyl (C=O) groups excluding carboxylic acids is 2. The molecule has 2 aromatic carbocycles. The summed E-state index contributed by atoms with van der Waals surface area (Å²) in [6.07, 6.45) is 0. The Kier molecular flexibility index (Phi) is 6.31. The molecule has 0 aliphatic carbocycles. The lowest BCUT2D eigenvalue weighted by molar-refractivity contribution is -0.129. The number of phenols is 1. The van der Waals surface area contributed by atoms with Gasteiger partial charge < -0.3 is 30.0 Å². The Bertz CT molecular complexity index is 1180. The van der Waals surface area contributed by atoms with Crippen molar-refractivity contribution in [3.8, 4) is 5.75 Å². The number of benzene rings is 2. The first-order valence-electron chi connectivity index (χ1n) is 10.0. The molecule has 1 aromatic heterocycles. The molecule has 1 aliphatic rings. The van der Waals surface area contributed by atoms with Crippen LogP contribution in [-0.2, 0) is 4.79 Å². The molecule has 2 amide bonds. The molecule has 0 unspecified atom stereocenters. The van der Waals surface area contributed by atoms with E-state index in [1.54, 1.807) is 19.1 Å². The number of hydrogen-bond acceptors (Lipinski definition) is 8. The van der Waals surface area contributed by atoms with E-state index in [-0.39, 0.29) is 34.3 Å². The molecule has 33 heavy (non-hydrogen) atoms. The van der Waals surface area contributed by atoms with Gasteiger partial charge >= 0.3 is 17.8 Å². The fourth-order valence-corrected chi connectivity index (χ4v) is 3.48. The normalized spacial score (nSPS) is 13.7. The SMILES string of the molecule is CC(=O)N1CCN(c2ccc(NC(=O)c3nnc(Nc4cc(O)c(Cl)cc4F)o3)cc2)CC1. The van der Waals surface area contributed by atoms with Crippen molar-refractivity contribution in [3.05, 3.63) is 53.1 Å². The van der Waals surface area contributed by atoms with Gasteiger partial charge in [0.1, 0.15) is 11.6 Å². The van der Waals surface area contributed by atoms with Crippen LogP contribution in [0.25, 0.3) is 0 Å². The summed E-state index contributed by atoms with van der Waals surface area (Å²) in [5.41, 5.74) is 1.36. The highest BCUT2D eigenvalue weighted by atomic mass is 35.5. The zero-order valence-corrected chi connectivity index (χ0v) is 18.3. The number of rotatable bonds is 5. The standard InChI is InChI=1S/C21H20ClFN6O4/c1-12(30)28-6-8-29(9-7-28)14-4-2-13(3-5-14)24-19(32)20-26-27-21(33-20)25-17-11-18(31)15(22)10-16(17)23/h2-5,10-11,31H,6-9H2,1H3,(H,24,32)(H,25,27). The fraction of sp³-hybridized carbons (Fsp3) is 0.238. The first kappa shape index (κ1) is 22.3. The van der Waals surface area contributed by atoms with Crippen LogP contribution in [-0.4, -0.2) is 58.2 Å². The fourth-order valence-electron chi connectivity index (χ4n) is 3.33. The first-order chi connectivity index (χ1) is 15.8. The lowest BCUT2D eigenvalue weighted by Gasteiger charge is -2.35. The van der Waals surface area contributed by atoms with Gasteiger partial charge in [0.05, 0.1) is 10.7 Å². The van der Waals surface area contributed by atoms with Crippen molar-refractivity contribution in [2.45, 2.75) is 6.92 Å². The highest BCUT2D eigenvalue weighted by Crippen LogP contribution is 2.30. The van der Waals surface area contributed by atoms with E-state index in [4.69, 9.17) is 16.0 Å². The summed E-state index contributed by atoms with van der Waals surface area (Å²) in [7, 11) is 0. The lowest BCUT2D eigenvalue weighted by atomic mass is 10.2. The van der Waals surface area contributed by atoms with Crippen molar-refractivity contribution < 1.29 is 23.5 Å². The van der Waals surface area contributed by atoms with E-state index in [9.17, 15) is 19.1 Å². The molecule has 3 N–H and O–H groups in total. The van der Waals surface area contributed by atoms with Gasteiger partial charge in [-0.1, -0.05) is 16.7 Å². The molecule has 1 saturated heterocycles. The van der Waals surface area contributed by atoms with Gasteiger partial charge in [-0.15, -0.1) is 5.10 Å². The van der Waals surface area contributed by atoms with Crippen molar-refractivity contribution >= 4 is 46.5 Å². The van der Waals surface area contributed by atoms with Gasteiger partial charge in [-0.3, -0.25) is 9.59 Å². The van der Waals surface area contributed by atoms with Gasteiger partial charge in [0, 0.05) is 50.5 Å². The number of amides is 2. The van der Waals surface area contributed by atoms with Crippen molar-refractivity contribution in [2.75, 3.05) is 41.7 Å². The Morgan fingerprint density at radius 2 is 1.82 bits per heavy atom. The van der Waals surface area contributed by atoms with Gasteiger partial charge in [0.25, 0.3) is 0 Å². The zero-order valence-electron chi connectivity index (χ0n) is 17.5. The van der Waals surface area contributed by atoms with E-state index in [0.717, 1.165) is 30.9 Å². The largest absolute Gasteiger partial charge is 0.506 e. The molecule has 0 bridgehead atoms. The number of nitrogens with zero attached hydrogens (tertiary/aromatic N) is 4. The van der Waals surface area contributed by atoms with E-state index in [1.165, 1.54) is 0 Å². The maximum Gasteiger partial charge on any atom is 0.320 e. The van der Waals surface area contributed by atoms with Crippen LogP contribution >= 0.6 is 11.6 Å². The number of piperazine rings is 1. The number of halogens is 2. The van der Waals surface area contributed by atoms with Crippen LogP contribution in [0.3, 0.4) is 0 Å². The average molecular weight is 475 g/mol. The second-order valence-electron chi connectivity index (χ2n) is 7.31. The summed E-state index contributed by atoms with van der Waals surface area (Å²) in [6, 6.07) is 8.98. The molecule has 0 radical (unpaired) electrons. The third-order valence-corrected chi connectivity index (χ3v) is 5.42. The molecule has 1 fully saturated rings. The average Bonchev–Trinajstić information content (AvgIpc) is 3.27. The summed E-state index contributed by atoms with van der Waals surface area (Å²) in [6.45, 7) is 4.36. The van der Waals surface area contributed by atoms with Crippen LogP contribution in [0.5, 0.6) is 5.75 Å². The molecule has 2 heterocycles. The van der Waals surface area contributed by atoms with Crippen molar-refractivity contribution in [3.63, 3.8) is 0 Å². The lowest BCUT2D eigenvalue weighted by Crippen LogP contribution is -2.48. The third-order valence-electron chi connectivity index (χ3n) is 5.11. The quantitative estimate of drug-likeness (QED) is 0.515. The highest BCUT2D eigenvalue weighted by molar-refractivity contribution is 6.32. The maximum absolute atomic E-state index is 13.9. The van der Waals surface area contributed by atoms with Crippen LogP contribution in [0.1, 0.15) is 17.6 Å². The number of aromatic hydroxyl groups is 1. The topological polar surface area (TPSA) is 124 Å². The molecule has 4 rings (SSSR count). The molecular weight excluding hydrogens is 455 g/mol. The Morgan fingerprint density at radius 1 is 1.12 bits per heavy atom. The monoisotopic (exact) mass is 474 g/mol. The van der Waals surface area contributed by atoms with E-state index in [2.05, 4.69) is 25.7 Å². The van der Waals surface area contributed by atoms with E-state index < -0.39 is 11.7 Å². The van der Waals surface area contributed by atoms with E-state index in [0.29, 0.717) is 18.8 Å². The van der Waals surface area contributed by atoms with Gasteiger partial charge in [-0.2, -0.15) is 0 Å². The summed E-state index contributed by atoms with van der Waals surface area (Å²) in [5.74, 6) is -1.98. The van der Waals surface area contributed by atoms with Crippen molar-refractivity contribution in [1.82, 2.24) is 15.1 Å². The van der Waals surface area contributed by atoms with Crippen molar-refractivity contribution in [1.29, 1.82) is 0 Å². The smallest absolute Gasteiger partial charge is 0.320 e. The Labute approximate surface area is 193 Å². The minimum Gasteiger partial charge on any atom is -0.506 e. The summed E-state index contributed by atoms with van der Waals surface area (Å²) < 4.78 is 19.2.